The van der Waals surface area contributed by atoms with Crippen molar-refractivity contribution in [2.75, 3.05) is 24.6 Å². The second-order valence-electron chi connectivity index (χ2n) is 4.50. The van der Waals surface area contributed by atoms with Gasteiger partial charge in [0.05, 0.1) is 24.4 Å². The second kappa shape index (κ2) is 5.58. The Kier molecular flexibility index (Phi) is 4.08. The number of halogens is 1. The number of morpholine rings is 1. The van der Waals surface area contributed by atoms with E-state index in [2.05, 4.69) is 9.97 Å². The monoisotopic (exact) mass is 254 g/mol. The van der Waals surface area contributed by atoms with Crippen molar-refractivity contribution in [3.8, 4) is 0 Å². The number of hydrogen-bond donors (Lipinski definition) is 1. The van der Waals surface area contributed by atoms with Gasteiger partial charge in [-0.3, -0.25) is 0 Å². The third kappa shape index (κ3) is 2.44. The number of rotatable bonds is 3. The van der Waals surface area contributed by atoms with Crippen LogP contribution in [0.5, 0.6) is 0 Å². The molecule has 1 saturated heterocycles. The first kappa shape index (κ1) is 13.2. The van der Waals surface area contributed by atoms with E-state index in [1.54, 1.807) is 0 Å². The fourth-order valence-electron chi connectivity index (χ4n) is 2.10. The molecule has 1 aromatic heterocycles. The zero-order valence-electron chi connectivity index (χ0n) is 10.8. The summed E-state index contributed by atoms with van der Waals surface area (Å²) in [7, 11) is 0. The van der Waals surface area contributed by atoms with Crippen molar-refractivity contribution >= 4 is 5.82 Å². The Labute approximate surface area is 106 Å². The highest BCUT2D eigenvalue weighted by molar-refractivity contribution is 5.42. The van der Waals surface area contributed by atoms with Crippen molar-refractivity contribution in [2.24, 2.45) is 5.73 Å². The molecule has 2 rings (SSSR count). The summed E-state index contributed by atoms with van der Waals surface area (Å²) in [4.78, 5) is 9.93. The minimum absolute atomic E-state index is 0.0689. The number of anilines is 1. The number of ether oxygens (including phenoxy) is 1. The molecule has 2 heterocycles. The Morgan fingerprint density at radius 1 is 1.56 bits per heavy atom. The summed E-state index contributed by atoms with van der Waals surface area (Å²) >= 11 is 0. The standard InChI is InChI=1S/C12H19FN4O/c1-3-10-11(13)12(16-7-15-10)17-5-9(4-14)18-6-8(17)2/h7-9H,3-6,14H2,1-2H3. The summed E-state index contributed by atoms with van der Waals surface area (Å²) in [5.41, 5.74) is 6.05. The molecule has 5 nitrogen and oxygen atoms in total. The zero-order valence-corrected chi connectivity index (χ0v) is 10.8. The zero-order chi connectivity index (χ0) is 13.1. The van der Waals surface area contributed by atoms with Gasteiger partial charge in [-0.05, 0) is 13.3 Å². The third-order valence-corrected chi connectivity index (χ3v) is 3.22. The molecule has 1 aliphatic heterocycles. The van der Waals surface area contributed by atoms with Gasteiger partial charge in [0.2, 0.25) is 0 Å². The van der Waals surface area contributed by atoms with Crippen molar-refractivity contribution in [2.45, 2.75) is 32.4 Å². The van der Waals surface area contributed by atoms with Crippen molar-refractivity contribution in [1.29, 1.82) is 0 Å². The molecule has 1 aromatic rings. The first-order chi connectivity index (χ1) is 8.67. The maximum Gasteiger partial charge on any atom is 0.187 e. The number of aromatic nitrogens is 2. The van der Waals surface area contributed by atoms with E-state index < -0.39 is 0 Å². The quantitative estimate of drug-likeness (QED) is 0.861. The van der Waals surface area contributed by atoms with Gasteiger partial charge in [0.25, 0.3) is 0 Å². The van der Waals surface area contributed by atoms with Crippen LogP contribution in [-0.4, -0.2) is 41.8 Å². The molecule has 0 radical (unpaired) electrons. The van der Waals surface area contributed by atoms with E-state index in [1.165, 1.54) is 6.33 Å². The summed E-state index contributed by atoms with van der Waals surface area (Å²) in [6, 6.07) is 0.0851. The lowest BCUT2D eigenvalue weighted by Gasteiger charge is -2.38. The Hall–Kier alpha value is -1.27. The molecule has 0 saturated carbocycles. The molecule has 2 unspecified atom stereocenters. The molecule has 1 fully saturated rings. The van der Waals surface area contributed by atoms with Gasteiger partial charge in [0.15, 0.2) is 11.6 Å². The van der Waals surface area contributed by atoms with Crippen LogP contribution in [-0.2, 0) is 11.2 Å². The molecule has 0 bridgehead atoms. The number of hydrogen-bond acceptors (Lipinski definition) is 5. The second-order valence-corrected chi connectivity index (χ2v) is 4.50. The highest BCUT2D eigenvalue weighted by atomic mass is 19.1. The lowest BCUT2D eigenvalue weighted by Crippen LogP contribution is -2.51. The Bertz CT molecular complexity index is 415. The van der Waals surface area contributed by atoms with Crippen LogP contribution < -0.4 is 10.6 Å². The van der Waals surface area contributed by atoms with E-state index in [0.717, 1.165) is 0 Å². The fraction of sp³-hybridized carbons (Fsp3) is 0.667. The molecule has 2 atom stereocenters. The predicted octanol–water partition coefficient (Wildman–Crippen LogP) is 0.731. The van der Waals surface area contributed by atoms with Crippen LogP contribution in [0, 0.1) is 5.82 Å². The molecule has 0 spiro atoms. The topological polar surface area (TPSA) is 64.3 Å². The lowest BCUT2D eigenvalue weighted by atomic mass is 10.2. The SMILES string of the molecule is CCc1ncnc(N2CC(CN)OCC2C)c1F. The molecule has 1 aliphatic rings. The van der Waals surface area contributed by atoms with Gasteiger partial charge >= 0.3 is 0 Å². The average molecular weight is 254 g/mol. The van der Waals surface area contributed by atoms with Crippen LogP contribution >= 0.6 is 0 Å². The summed E-state index contributed by atoms with van der Waals surface area (Å²) in [6.07, 6.45) is 1.90. The molecule has 18 heavy (non-hydrogen) atoms. The molecule has 0 amide bonds. The molecule has 100 valence electrons. The van der Waals surface area contributed by atoms with E-state index in [0.29, 0.717) is 37.6 Å². The van der Waals surface area contributed by atoms with Gasteiger partial charge in [-0.25, -0.2) is 14.4 Å². The number of aryl methyl sites for hydroxylation is 1. The summed E-state index contributed by atoms with van der Waals surface area (Å²) in [5.74, 6) is 0.0284. The van der Waals surface area contributed by atoms with Crippen LogP contribution in [0.1, 0.15) is 19.5 Å². The van der Waals surface area contributed by atoms with Crippen molar-refractivity contribution in [3.05, 3.63) is 17.8 Å². The Morgan fingerprint density at radius 2 is 2.33 bits per heavy atom. The minimum Gasteiger partial charge on any atom is -0.373 e. The van der Waals surface area contributed by atoms with Crippen molar-refractivity contribution in [1.82, 2.24) is 9.97 Å². The van der Waals surface area contributed by atoms with Crippen molar-refractivity contribution in [3.63, 3.8) is 0 Å². The van der Waals surface area contributed by atoms with E-state index in [4.69, 9.17) is 10.5 Å². The molecular weight excluding hydrogens is 235 g/mol. The molecule has 2 N–H and O–H groups in total. The maximum absolute atomic E-state index is 14.2. The maximum atomic E-state index is 14.2. The van der Waals surface area contributed by atoms with Crippen LogP contribution in [0.25, 0.3) is 0 Å². The van der Waals surface area contributed by atoms with Gasteiger partial charge in [0.1, 0.15) is 6.33 Å². The smallest absolute Gasteiger partial charge is 0.187 e. The van der Waals surface area contributed by atoms with Gasteiger partial charge in [-0.2, -0.15) is 0 Å². The summed E-state index contributed by atoms with van der Waals surface area (Å²) < 4.78 is 19.8. The minimum atomic E-state index is -0.329. The largest absolute Gasteiger partial charge is 0.373 e. The molecular formula is C12H19FN4O. The van der Waals surface area contributed by atoms with E-state index in [-0.39, 0.29) is 18.0 Å². The van der Waals surface area contributed by atoms with Crippen LogP contribution in [0.2, 0.25) is 0 Å². The van der Waals surface area contributed by atoms with Crippen LogP contribution in [0.4, 0.5) is 10.2 Å². The fourth-order valence-corrected chi connectivity index (χ4v) is 2.10. The summed E-state index contributed by atoms with van der Waals surface area (Å²) in [5, 5.41) is 0. The highest BCUT2D eigenvalue weighted by Gasteiger charge is 2.28. The number of nitrogens with zero attached hydrogens (tertiary/aromatic N) is 3. The highest BCUT2D eigenvalue weighted by Crippen LogP contribution is 2.23. The van der Waals surface area contributed by atoms with Gasteiger partial charge in [-0.1, -0.05) is 6.92 Å². The molecule has 0 aromatic carbocycles. The molecule has 6 heteroatoms. The van der Waals surface area contributed by atoms with Crippen LogP contribution in [0.15, 0.2) is 6.33 Å². The normalized spacial score (nSPS) is 24.3. The predicted molar refractivity (Wildman–Crippen MR) is 67.0 cm³/mol. The van der Waals surface area contributed by atoms with Crippen molar-refractivity contribution < 1.29 is 9.13 Å². The first-order valence-electron chi connectivity index (χ1n) is 6.25. The first-order valence-corrected chi connectivity index (χ1v) is 6.25. The van der Waals surface area contributed by atoms with E-state index >= 15 is 0 Å². The Balaban J connectivity index is 2.28. The third-order valence-electron chi connectivity index (χ3n) is 3.22. The average Bonchev–Trinajstić information content (AvgIpc) is 2.40. The van der Waals surface area contributed by atoms with Gasteiger partial charge in [0, 0.05) is 13.1 Å². The number of nitrogens with two attached hydrogens (primary N) is 1. The van der Waals surface area contributed by atoms with Gasteiger partial charge in [-0.15, -0.1) is 0 Å². The summed E-state index contributed by atoms with van der Waals surface area (Å²) in [6.45, 7) is 5.39. The van der Waals surface area contributed by atoms with Gasteiger partial charge < -0.3 is 15.4 Å². The molecule has 0 aliphatic carbocycles. The van der Waals surface area contributed by atoms with E-state index in [1.807, 2.05) is 18.7 Å². The Morgan fingerprint density at radius 3 is 3.00 bits per heavy atom. The van der Waals surface area contributed by atoms with Crippen LogP contribution in [0.3, 0.4) is 0 Å². The lowest BCUT2D eigenvalue weighted by molar-refractivity contribution is 0.0277. The van der Waals surface area contributed by atoms with E-state index in [9.17, 15) is 4.39 Å².